The van der Waals surface area contributed by atoms with E-state index in [1.165, 1.54) is 0 Å². The van der Waals surface area contributed by atoms with Crippen LogP contribution in [0.15, 0.2) is 29.2 Å². The van der Waals surface area contributed by atoms with Crippen molar-refractivity contribution in [1.82, 2.24) is 0 Å². The zero-order chi connectivity index (χ0) is 19.3. The lowest BCUT2D eigenvalue weighted by Gasteiger charge is -2.06. The standard InChI is InChI=1S/C20H32O5S/c1-3-24-20(21)12-10-8-6-4-5-7-9-11-17-25-26(22,23)19-15-13-18(2)14-16-19/h13-16H,3-12,17H2,1-2H3/i20+2. The molecule has 0 aliphatic carbocycles. The second kappa shape index (κ2) is 12.9. The molecule has 0 saturated heterocycles. The van der Waals surface area contributed by atoms with Gasteiger partial charge in [-0.3, -0.25) is 8.98 Å². The lowest BCUT2D eigenvalue weighted by molar-refractivity contribution is -0.143. The molecule has 0 fully saturated rings. The molecule has 0 bridgehead atoms. The Morgan fingerprint density at radius 3 is 2.00 bits per heavy atom. The van der Waals surface area contributed by atoms with Crippen molar-refractivity contribution in [2.45, 2.75) is 76.5 Å². The third-order valence-corrected chi connectivity index (χ3v) is 5.46. The summed E-state index contributed by atoms with van der Waals surface area (Å²) in [6.45, 7) is 4.42. The molecular formula is C20H32O5S. The minimum Gasteiger partial charge on any atom is -0.466 e. The molecular weight excluding hydrogens is 354 g/mol. The van der Waals surface area contributed by atoms with E-state index in [2.05, 4.69) is 0 Å². The van der Waals surface area contributed by atoms with E-state index in [0.29, 0.717) is 13.0 Å². The first-order valence-corrected chi connectivity index (χ1v) is 11.0. The predicted octanol–water partition coefficient (Wildman–Crippen LogP) is 4.77. The van der Waals surface area contributed by atoms with Crippen molar-refractivity contribution in [2.24, 2.45) is 0 Å². The van der Waals surface area contributed by atoms with Gasteiger partial charge in [0.25, 0.3) is 10.1 Å². The smallest absolute Gasteiger partial charge is 0.305 e. The number of unbranched alkanes of at least 4 members (excludes halogenated alkanes) is 7. The Labute approximate surface area is 158 Å². The lowest BCUT2D eigenvalue weighted by Crippen LogP contribution is -2.07. The van der Waals surface area contributed by atoms with E-state index >= 15 is 0 Å². The SMILES string of the molecule is CCO[14C](=O)CCCCCCCCCCOS(=O)(=O)c1ccc(C)cc1. The molecule has 0 aliphatic heterocycles. The van der Waals surface area contributed by atoms with Crippen LogP contribution >= 0.6 is 0 Å². The monoisotopic (exact) mass is 386 g/mol. The average molecular weight is 387 g/mol. The highest BCUT2D eigenvalue weighted by Crippen LogP contribution is 2.15. The van der Waals surface area contributed by atoms with Crippen LogP contribution in [-0.2, 0) is 23.8 Å². The summed E-state index contributed by atoms with van der Waals surface area (Å²) in [7, 11) is -3.63. The molecule has 0 spiro atoms. The minimum absolute atomic E-state index is 0.104. The van der Waals surface area contributed by atoms with Gasteiger partial charge in [-0.05, 0) is 38.8 Å². The minimum atomic E-state index is -3.63. The fourth-order valence-electron chi connectivity index (χ4n) is 2.61. The molecule has 26 heavy (non-hydrogen) atoms. The fraction of sp³-hybridized carbons (Fsp3) is 0.650. The lowest BCUT2D eigenvalue weighted by atomic mass is 10.1. The number of benzene rings is 1. The third-order valence-electron chi connectivity index (χ3n) is 4.13. The molecule has 148 valence electrons. The third kappa shape index (κ3) is 9.92. The van der Waals surface area contributed by atoms with Gasteiger partial charge in [-0.1, -0.05) is 56.2 Å². The second-order valence-electron chi connectivity index (χ2n) is 6.47. The normalized spacial score (nSPS) is 11.5. The Morgan fingerprint density at radius 2 is 1.42 bits per heavy atom. The van der Waals surface area contributed by atoms with Gasteiger partial charge in [-0.15, -0.1) is 0 Å². The Bertz CT molecular complexity index is 608. The van der Waals surface area contributed by atoms with Crippen LogP contribution in [0, 0.1) is 6.92 Å². The fourth-order valence-corrected chi connectivity index (χ4v) is 3.55. The molecule has 1 rings (SSSR count). The summed E-state index contributed by atoms with van der Waals surface area (Å²) in [6, 6.07) is 6.69. The first-order valence-electron chi connectivity index (χ1n) is 9.57. The highest BCUT2D eigenvalue weighted by molar-refractivity contribution is 7.86. The first-order chi connectivity index (χ1) is 12.5. The molecule has 0 aliphatic rings. The average Bonchev–Trinajstić information content (AvgIpc) is 2.60. The number of hydrogen-bond donors (Lipinski definition) is 0. The quantitative estimate of drug-likeness (QED) is 0.262. The summed E-state index contributed by atoms with van der Waals surface area (Å²) in [6.07, 6.45) is 8.64. The van der Waals surface area contributed by atoms with Crippen molar-refractivity contribution >= 4 is 16.1 Å². The van der Waals surface area contributed by atoms with Gasteiger partial charge < -0.3 is 4.74 Å². The molecule has 0 saturated carbocycles. The molecule has 0 atom stereocenters. The van der Waals surface area contributed by atoms with Crippen molar-refractivity contribution in [2.75, 3.05) is 13.2 Å². The first kappa shape index (κ1) is 22.6. The molecule has 0 amide bonds. The molecule has 0 radical (unpaired) electrons. The van der Waals surface area contributed by atoms with Crippen molar-refractivity contribution < 1.29 is 22.1 Å². The van der Waals surface area contributed by atoms with E-state index in [1.807, 2.05) is 13.8 Å². The van der Waals surface area contributed by atoms with Crippen LogP contribution in [0.3, 0.4) is 0 Å². The molecule has 6 heteroatoms. The van der Waals surface area contributed by atoms with E-state index < -0.39 is 10.1 Å². The van der Waals surface area contributed by atoms with Crippen LogP contribution in [-0.4, -0.2) is 27.6 Å². The van der Waals surface area contributed by atoms with Gasteiger partial charge in [0.2, 0.25) is 0 Å². The van der Waals surface area contributed by atoms with Gasteiger partial charge in [0.15, 0.2) is 0 Å². The maximum atomic E-state index is 12.0. The highest BCUT2D eigenvalue weighted by Gasteiger charge is 2.14. The zero-order valence-electron chi connectivity index (χ0n) is 16.0. The van der Waals surface area contributed by atoms with Gasteiger partial charge >= 0.3 is 5.97 Å². The molecule has 1 aromatic rings. The maximum Gasteiger partial charge on any atom is 0.305 e. The molecule has 0 heterocycles. The molecule has 1 aromatic carbocycles. The number of hydrogen-bond acceptors (Lipinski definition) is 5. The maximum absolute atomic E-state index is 12.0. The summed E-state index contributed by atoms with van der Waals surface area (Å²) in [4.78, 5) is 11.4. The van der Waals surface area contributed by atoms with Gasteiger partial charge in [0.1, 0.15) is 0 Å². The van der Waals surface area contributed by atoms with Crippen molar-refractivity contribution in [3.8, 4) is 0 Å². The Balaban J connectivity index is 1.99. The zero-order valence-corrected chi connectivity index (χ0v) is 16.9. The topological polar surface area (TPSA) is 69.7 Å². The Hall–Kier alpha value is -1.40. The van der Waals surface area contributed by atoms with Gasteiger partial charge in [0.05, 0.1) is 18.1 Å². The number of aryl methyl sites for hydroxylation is 1. The van der Waals surface area contributed by atoms with E-state index in [0.717, 1.165) is 56.9 Å². The van der Waals surface area contributed by atoms with Crippen LogP contribution in [0.4, 0.5) is 0 Å². The van der Waals surface area contributed by atoms with E-state index in [-0.39, 0.29) is 17.5 Å². The van der Waals surface area contributed by atoms with Gasteiger partial charge in [0, 0.05) is 6.42 Å². The van der Waals surface area contributed by atoms with Gasteiger partial charge in [-0.2, -0.15) is 8.42 Å². The Morgan fingerprint density at radius 1 is 0.885 bits per heavy atom. The number of esters is 1. The van der Waals surface area contributed by atoms with Crippen molar-refractivity contribution in [1.29, 1.82) is 0 Å². The van der Waals surface area contributed by atoms with Crippen LogP contribution in [0.5, 0.6) is 0 Å². The van der Waals surface area contributed by atoms with Gasteiger partial charge in [-0.25, -0.2) is 0 Å². The number of carbonyl (C=O) groups is 1. The van der Waals surface area contributed by atoms with E-state index in [1.54, 1.807) is 24.3 Å². The van der Waals surface area contributed by atoms with Crippen LogP contribution < -0.4 is 0 Å². The van der Waals surface area contributed by atoms with E-state index in [4.69, 9.17) is 8.92 Å². The summed E-state index contributed by atoms with van der Waals surface area (Å²) in [5.41, 5.74) is 1.02. The largest absolute Gasteiger partial charge is 0.466 e. The van der Waals surface area contributed by atoms with Crippen molar-refractivity contribution in [3.05, 3.63) is 29.8 Å². The van der Waals surface area contributed by atoms with Crippen LogP contribution in [0.25, 0.3) is 0 Å². The Kier molecular flexibility index (Phi) is 11.2. The number of rotatable bonds is 14. The van der Waals surface area contributed by atoms with Crippen LogP contribution in [0.2, 0.25) is 0 Å². The molecule has 0 unspecified atom stereocenters. The second-order valence-corrected chi connectivity index (χ2v) is 8.09. The summed E-state index contributed by atoms with van der Waals surface area (Å²) < 4.78 is 34.0. The van der Waals surface area contributed by atoms with E-state index in [9.17, 15) is 13.2 Å². The van der Waals surface area contributed by atoms with Crippen molar-refractivity contribution in [3.63, 3.8) is 0 Å². The van der Waals surface area contributed by atoms with Crippen LogP contribution in [0.1, 0.15) is 70.3 Å². The number of carbonyl (C=O) groups excluding carboxylic acids is 1. The molecule has 0 aromatic heterocycles. The number of ether oxygens (including phenoxy) is 1. The summed E-state index contributed by atoms with van der Waals surface area (Å²) >= 11 is 0. The molecule has 0 N–H and O–H groups in total. The summed E-state index contributed by atoms with van der Waals surface area (Å²) in [5.74, 6) is -0.104. The molecule has 5 nitrogen and oxygen atoms in total. The summed E-state index contributed by atoms with van der Waals surface area (Å²) in [5, 5.41) is 0. The highest BCUT2D eigenvalue weighted by atomic mass is 32.2. The predicted molar refractivity (Wildman–Crippen MR) is 103 cm³/mol.